The number of nitrogens with two attached hydrogens (primary N) is 1. The van der Waals surface area contributed by atoms with E-state index in [0.717, 1.165) is 12.8 Å². The number of nitrogens with one attached hydrogen (secondary N) is 1. The fourth-order valence-corrected chi connectivity index (χ4v) is 2.73. The summed E-state index contributed by atoms with van der Waals surface area (Å²) in [5.74, 6) is 0.235. The standard InChI is InChI=1S/C17H25N3O5/c1-23-10-12(18)16(21)19-13-9-15(25-3)14(24-2)8-11(13)17(22)20-6-4-5-7-20/h8-9,12H,4-7,10,18H2,1-3H3,(H,19,21). The number of hydrogen-bond donors (Lipinski definition) is 2. The van der Waals surface area contributed by atoms with E-state index in [1.165, 1.54) is 21.3 Å². The Kier molecular flexibility index (Phi) is 6.60. The maximum Gasteiger partial charge on any atom is 0.256 e. The maximum atomic E-state index is 12.8. The molecule has 1 fully saturated rings. The van der Waals surface area contributed by atoms with E-state index in [2.05, 4.69) is 5.32 Å². The van der Waals surface area contributed by atoms with E-state index in [4.69, 9.17) is 19.9 Å². The van der Waals surface area contributed by atoms with Crippen LogP contribution in [0.4, 0.5) is 5.69 Å². The molecule has 1 heterocycles. The lowest BCUT2D eigenvalue weighted by Crippen LogP contribution is -2.39. The van der Waals surface area contributed by atoms with Crippen LogP contribution in [0.3, 0.4) is 0 Å². The molecular formula is C17H25N3O5. The Hall–Kier alpha value is -2.32. The second kappa shape index (κ2) is 8.68. The van der Waals surface area contributed by atoms with Gasteiger partial charge in [-0.3, -0.25) is 9.59 Å². The smallest absolute Gasteiger partial charge is 0.256 e. The molecule has 8 heteroatoms. The quantitative estimate of drug-likeness (QED) is 0.755. The molecule has 1 aromatic carbocycles. The van der Waals surface area contributed by atoms with Crippen LogP contribution in [0.5, 0.6) is 11.5 Å². The average molecular weight is 351 g/mol. The third kappa shape index (κ3) is 4.40. The average Bonchev–Trinajstić information content (AvgIpc) is 3.15. The van der Waals surface area contributed by atoms with Crippen molar-refractivity contribution in [2.24, 2.45) is 5.73 Å². The first-order chi connectivity index (χ1) is 12.0. The predicted molar refractivity (Wildman–Crippen MR) is 93.2 cm³/mol. The van der Waals surface area contributed by atoms with Gasteiger partial charge in [-0.1, -0.05) is 0 Å². The molecule has 0 radical (unpaired) electrons. The van der Waals surface area contributed by atoms with Gasteiger partial charge in [0.2, 0.25) is 5.91 Å². The summed E-state index contributed by atoms with van der Waals surface area (Å²) in [4.78, 5) is 26.8. The zero-order valence-corrected chi connectivity index (χ0v) is 14.8. The van der Waals surface area contributed by atoms with Crippen LogP contribution in [-0.4, -0.2) is 63.8 Å². The molecule has 1 aliphatic heterocycles. The van der Waals surface area contributed by atoms with E-state index in [0.29, 0.717) is 35.8 Å². The third-order valence-corrected chi connectivity index (χ3v) is 4.09. The lowest BCUT2D eigenvalue weighted by atomic mass is 10.1. The van der Waals surface area contributed by atoms with Crippen molar-refractivity contribution in [2.75, 3.05) is 46.3 Å². The molecule has 1 unspecified atom stereocenters. The molecule has 0 aromatic heterocycles. The fourth-order valence-electron chi connectivity index (χ4n) is 2.73. The summed E-state index contributed by atoms with van der Waals surface area (Å²) in [6, 6.07) is 2.31. The van der Waals surface area contributed by atoms with Crippen LogP contribution in [-0.2, 0) is 9.53 Å². The third-order valence-electron chi connectivity index (χ3n) is 4.09. The van der Waals surface area contributed by atoms with Gasteiger partial charge in [0, 0.05) is 26.3 Å². The van der Waals surface area contributed by atoms with E-state index in [-0.39, 0.29) is 12.5 Å². The largest absolute Gasteiger partial charge is 0.493 e. The number of rotatable bonds is 7. The highest BCUT2D eigenvalue weighted by Crippen LogP contribution is 2.34. The van der Waals surface area contributed by atoms with Crippen LogP contribution >= 0.6 is 0 Å². The lowest BCUT2D eigenvalue weighted by Gasteiger charge is -2.20. The number of benzene rings is 1. The molecule has 0 bridgehead atoms. The number of carbonyl (C=O) groups excluding carboxylic acids is 2. The Morgan fingerprint density at radius 1 is 1.16 bits per heavy atom. The van der Waals surface area contributed by atoms with Gasteiger partial charge in [0.05, 0.1) is 32.1 Å². The second-order valence-corrected chi connectivity index (χ2v) is 5.80. The molecule has 1 atom stereocenters. The van der Waals surface area contributed by atoms with Crippen LogP contribution in [0.25, 0.3) is 0 Å². The van der Waals surface area contributed by atoms with E-state index >= 15 is 0 Å². The highest BCUT2D eigenvalue weighted by atomic mass is 16.5. The van der Waals surface area contributed by atoms with Crippen molar-refractivity contribution in [3.63, 3.8) is 0 Å². The summed E-state index contributed by atoms with van der Waals surface area (Å²) in [6.45, 7) is 1.47. The van der Waals surface area contributed by atoms with Gasteiger partial charge in [-0.05, 0) is 18.9 Å². The molecule has 0 spiro atoms. The minimum absolute atomic E-state index is 0.0779. The first-order valence-corrected chi connectivity index (χ1v) is 8.12. The molecule has 25 heavy (non-hydrogen) atoms. The molecule has 1 saturated heterocycles. The van der Waals surface area contributed by atoms with Crippen molar-refractivity contribution < 1.29 is 23.8 Å². The number of amides is 2. The molecule has 1 aromatic rings. The van der Waals surface area contributed by atoms with E-state index in [9.17, 15) is 9.59 Å². The van der Waals surface area contributed by atoms with Crippen LogP contribution in [0.1, 0.15) is 23.2 Å². The van der Waals surface area contributed by atoms with Crippen molar-refractivity contribution in [2.45, 2.75) is 18.9 Å². The Bertz CT molecular complexity index is 629. The summed E-state index contributed by atoms with van der Waals surface area (Å²) in [5, 5.41) is 2.70. The molecule has 2 amide bonds. The molecular weight excluding hydrogens is 326 g/mol. The summed E-state index contributed by atoms with van der Waals surface area (Å²) in [6.07, 6.45) is 1.94. The van der Waals surface area contributed by atoms with Gasteiger partial charge >= 0.3 is 0 Å². The van der Waals surface area contributed by atoms with Gasteiger partial charge in [0.15, 0.2) is 11.5 Å². The maximum absolute atomic E-state index is 12.8. The number of hydrogen-bond acceptors (Lipinski definition) is 6. The molecule has 8 nitrogen and oxygen atoms in total. The fraction of sp³-hybridized carbons (Fsp3) is 0.529. The molecule has 0 aliphatic carbocycles. The van der Waals surface area contributed by atoms with Crippen molar-refractivity contribution in [1.29, 1.82) is 0 Å². The molecule has 1 aliphatic rings. The topological polar surface area (TPSA) is 103 Å². The van der Waals surface area contributed by atoms with Gasteiger partial charge in [-0.15, -0.1) is 0 Å². The van der Waals surface area contributed by atoms with E-state index in [1.807, 2.05) is 0 Å². The Balaban J connectivity index is 2.37. The van der Waals surface area contributed by atoms with Crippen LogP contribution in [0.2, 0.25) is 0 Å². The van der Waals surface area contributed by atoms with Crippen molar-refractivity contribution in [3.05, 3.63) is 17.7 Å². The van der Waals surface area contributed by atoms with Crippen LogP contribution in [0.15, 0.2) is 12.1 Å². The summed E-state index contributed by atoms with van der Waals surface area (Å²) < 4.78 is 15.4. The number of methoxy groups -OCH3 is 3. The number of likely N-dealkylation sites (tertiary alicyclic amines) is 1. The van der Waals surface area contributed by atoms with Gasteiger partial charge in [-0.25, -0.2) is 0 Å². The van der Waals surface area contributed by atoms with Gasteiger partial charge in [-0.2, -0.15) is 0 Å². The predicted octanol–water partition coefficient (Wildman–Crippen LogP) is 0.852. The summed E-state index contributed by atoms with van der Waals surface area (Å²) in [7, 11) is 4.45. The highest BCUT2D eigenvalue weighted by molar-refractivity contribution is 6.05. The molecule has 138 valence electrons. The highest BCUT2D eigenvalue weighted by Gasteiger charge is 2.25. The number of anilines is 1. The van der Waals surface area contributed by atoms with Gasteiger partial charge < -0.3 is 30.2 Å². The number of ether oxygens (including phenoxy) is 3. The van der Waals surface area contributed by atoms with Crippen molar-refractivity contribution >= 4 is 17.5 Å². The first kappa shape index (κ1) is 19.0. The summed E-state index contributed by atoms with van der Waals surface area (Å²) >= 11 is 0. The minimum Gasteiger partial charge on any atom is -0.493 e. The Labute approximate surface area is 147 Å². The minimum atomic E-state index is -0.840. The zero-order valence-electron chi connectivity index (χ0n) is 14.8. The first-order valence-electron chi connectivity index (χ1n) is 8.12. The van der Waals surface area contributed by atoms with Crippen LogP contribution < -0.4 is 20.5 Å². The van der Waals surface area contributed by atoms with Gasteiger partial charge in [0.25, 0.3) is 5.91 Å². The molecule has 3 N–H and O–H groups in total. The van der Waals surface area contributed by atoms with E-state index < -0.39 is 11.9 Å². The second-order valence-electron chi connectivity index (χ2n) is 5.80. The monoisotopic (exact) mass is 351 g/mol. The SMILES string of the molecule is COCC(N)C(=O)Nc1cc(OC)c(OC)cc1C(=O)N1CCCC1. The molecule has 0 saturated carbocycles. The van der Waals surface area contributed by atoms with Crippen LogP contribution in [0, 0.1) is 0 Å². The molecule has 2 rings (SSSR count). The normalized spacial score (nSPS) is 15.0. The van der Waals surface area contributed by atoms with E-state index in [1.54, 1.807) is 17.0 Å². The van der Waals surface area contributed by atoms with Crippen molar-refractivity contribution in [3.8, 4) is 11.5 Å². The van der Waals surface area contributed by atoms with Gasteiger partial charge in [0.1, 0.15) is 6.04 Å². The Morgan fingerprint density at radius 2 is 1.76 bits per heavy atom. The lowest BCUT2D eigenvalue weighted by molar-refractivity contribution is -0.118. The zero-order chi connectivity index (χ0) is 18.4. The number of nitrogens with zero attached hydrogens (tertiary/aromatic N) is 1. The Morgan fingerprint density at radius 3 is 2.32 bits per heavy atom. The number of carbonyl (C=O) groups is 2. The summed E-state index contributed by atoms with van der Waals surface area (Å²) in [5.41, 5.74) is 6.45. The van der Waals surface area contributed by atoms with Crippen molar-refractivity contribution in [1.82, 2.24) is 4.90 Å².